The van der Waals surface area contributed by atoms with Crippen molar-refractivity contribution in [3.8, 4) is 11.5 Å². The lowest BCUT2D eigenvalue weighted by Gasteiger charge is -2.18. The third kappa shape index (κ3) is 1.76. The highest BCUT2D eigenvalue weighted by Gasteiger charge is 2.22. The summed E-state index contributed by atoms with van der Waals surface area (Å²) in [6.07, 6.45) is 0.866. The molecule has 3 nitrogen and oxygen atoms in total. The minimum atomic E-state index is -0.252. The molecule has 0 aliphatic carbocycles. The fourth-order valence-electron chi connectivity index (χ4n) is 2.67. The summed E-state index contributed by atoms with van der Waals surface area (Å²) in [4.78, 5) is 4.56. The van der Waals surface area contributed by atoms with E-state index in [1.807, 2.05) is 18.2 Å². The van der Waals surface area contributed by atoms with E-state index in [9.17, 15) is 4.39 Å². The van der Waals surface area contributed by atoms with Gasteiger partial charge in [-0.15, -0.1) is 0 Å². The molecule has 0 unspecified atom stereocenters. The summed E-state index contributed by atoms with van der Waals surface area (Å²) in [5.74, 6) is 1.26. The second kappa shape index (κ2) is 4.34. The summed E-state index contributed by atoms with van der Waals surface area (Å²) in [5, 5.41) is 0. The van der Waals surface area contributed by atoms with Crippen LogP contribution in [0.1, 0.15) is 16.7 Å². The quantitative estimate of drug-likeness (QED) is 0.797. The van der Waals surface area contributed by atoms with Gasteiger partial charge in [0.05, 0.1) is 5.71 Å². The Balaban J connectivity index is 1.86. The Morgan fingerprint density at radius 2 is 1.90 bits per heavy atom. The minimum absolute atomic E-state index is 0.252. The fourth-order valence-corrected chi connectivity index (χ4v) is 2.67. The van der Waals surface area contributed by atoms with Crippen molar-refractivity contribution in [3.63, 3.8) is 0 Å². The van der Waals surface area contributed by atoms with Crippen LogP contribution in [0.3, 0.4) is 0 Å². The lowest BCUT2D eigenvalue weighted by Crippen LogP contribution is -2.14. The average Bonchev–Trinajstić information content (AvgIpc) is 2.91. The number of fused-ring (bicyclic) bond motifs is 2. The standard InChI is InChI=1S/C16H12FNO2/c17-12-3-1-2-11(6-12)16-13-8-15-14(19-9-20-15)7-10(13)4-5-18-16/h1-3,6-8H,4-5,9H2. The van der Waals surface area contributed by atoms with Crippen LogP contribution in [0.25, 0.3) is 0 Å². The van der Waals surface area contributed by atoms with Gasteiger partial charge in [0.1, 0.15) is 5.82 Å². The molecule has 4 rings (SSSR count). The van der Waals surface area contributed by atoms with Gasteiger partial charge in [-0.1, -0.05) is 12.1 Å². The smallest absolute Gasteiger partial charge is 0.231 e. The molecule has 2 heterocycles. The number of nitrogens with zero attached hydrogens (tertiary/aromatic N) is 1. The van der Waals surface area contributed by atoms with Gasteiger partial charge in [0.15, 0.2) is 11.5 Å². The predicted octanol–water partition coefficient (Wildman–Crippen LogP) is 2.95. The lowest BCUT2D eigenvalue weighted by molar-refractivity contribution is 0.174. The van der Waals surface area contributed by atoms with Gasteiger partial charge >= 0.3 is 0 Å². The zero-order valence-corrected chi connectivity index (χ0v) is 10.7. The maximum atomic E-state index is 13.4. The predicted molar refractivity (Wildman–Crippen MR) is 73.2 cm³/mol. The van der Waals surface area contributed by atoms with Crippen molar-refractivity contribution in [1.82, 2.24) is 0 Å². The molecule has 0 fully saturated rings. The van der Waals surface area contributed by atoms with Gasteiger partial charge in [0.25, 0.3) is 0 Å². The molecule has 0 atom stereocenters. The Morgan fingerprint density at radius 1 is 1.05 bits per heavy atom. The molecule has 0 N–H and O–H groups in total. The largest absolute Gasteiger partial charge is 0.454 e. The second-order valence-corrected chi connectivity index (χ2v) is 4.85. The highest BCUT2D eigenvalue weighted by atomic mass is 19.1. The first kappa shape index (κ1) is 11.5. The molecule has 0 radical (unpaired) electrons. The zero-order valence-electron chi connectivity index (χ0n) is 10.7. The highest BCUT2D eigenvalue weighted by Crippen LogP contribution is 2.37. The highest BCUT2D eigenvalue weighted by molar-refractivity contribution is 6.14. The monoisotopic (exact) mass is 269 g/mol. The Kier molecular flexibility index (Phi) is 2.49. The van der Waals surface area contributed by atoms with Gasteiger partial charge in [-0.05, 0) is 36.2 Å². The summed E-state index contributed by atoms with van der Waals surface area (Å²) >= 11 is 0. The number of halogens is 1. The maximum absolute atomic E-state index is 13.4. The summed E-state index contributed by atoms with van der Waals surface area (Å²) in [6.45, 7) is 0.961. The molecule has 2 aliphatic heterocycles. The van der Waals surface area contributed by atoms with Gasteiger partial charge in [-0.3, -0.25) is 4.99 Å². The van der Waals surface area contributed by atoms with Crippen molar-refractivity contribution in [2.75, 3.05) is 13.3 Å². The van der Waals surface area contributed by atoms with Crippen LogP contribution in [0.5, 0.6) is 11.5 Å². The van der Waals surface area contributed by atoms with Crippen molar-refractivity contribution >= 4 is 5.71 Å². The SMILES string of the molecule is Fc1cccc(C2=NCCc3cc4c(cc32)OCO4)c1. The van der Waals surface area contributed by atoms with E-state index in [1.165, 1.54) is 17.7 Å². The van der Waals surface area contributed by atoms with Crippen LogP contribution >= 0.6 is 0 Å². The molecule has 2 aromatic carbocycles. The van der Waals surface area contributed by atoms with E-state index in [0.29, 0.717) is 6.54 Å². The van der Waals surface area contributed by atoms with Crippen LogP contribution in [0.15, 0.2) is 41.4 Å². The topological polar surface area (TPSA) is 30.8 Å². The molecule has 4 heteroatoms. The number of benzene rings is 2. The van der Waals surface area contributed by atoms with E-state index in [-0.39, 0.29) is 12.6 Å². The molecule has 0 spiro atoms. The molecule has 0 amide bonds. The third-order valence-corrected chi connectivity index (χ3v) is 3.60. The van der Waals surface area contributed by atoms with E-state index in [0.717, 1.165) is 34.8 Å². The number of ether oxygens (including phenoxy) is 2. The van der Waals surface area contributed by atoms with Crippen LogP contribution in [-0.2, 0) is 6.42 Å². The summed E-state index contributed by atoms with van der Waals surface area (Å²) in [5.41, 5.74) is 3.79. The second-order valence-electron chi connectivity index (χ2n) is 4.85. The van der Waals surface area contributed by atoms with Crippen LogP contribution in [-0.4, -0.2) is 19.0 Å². The molecule has 0 saturated heterocycles. The third-order valence-electron chi connectivity index (χ3n) is 3.60. The number of hydrogen-bond acceptors (Lipinski definition) is 3. The van der Waals surface area contributed by atoms with Crippen molar-refractivity contribution < 1.29 is 13.9 Å². The summed E-state index contributed by atoms with van der Waals surface area (Å²) < 4.78 is 24.2. The fraction of sp³-hybridized carbons (Fsp3) is 0.188. The Morgan fingerprint density at radius 3 is 2.75 bits per heavy atom. The van der Waals surface area contributed by atoms with Crippen molar-refractivity contribution in [3.05, 3.63) is 58.9 Å². The Hall–Kier alpha value is -2.36. The van der Waals surface area contributed by atoms with Crippen molar-refractivity contribution in [2.45, 2.75) is 6.42 Å². The maximum Gasteiger partial charge on any atom is 0.231 e. The average molecular weight is 269 g/mol. The Labute approximate surface area is 115 Å². The van der Waals surface area contributed by atoms with Gasteiger partial charge in [0.2, 0.25) is 6.79 Å². The van der Waals surface area contributed by atoms with Crippen LogP contribution in [0, 0.1) is 5.82 Å². The molecular formula is C16H12FNO2. The van der Waals surface area contributed by atoms with Gasteiger partial charge in [-0.25, -0.2) is 4.39 Å². The molecule has 0 aromatic heterocycles. The first-order chi connectivity index (χ1) is 9.81. The molecule has 0 saturated carbocycles. The van der Waals surface area contributed by atoms with Crippen molar-refractivity contribution in [1.29, 1.82) is 0 Å². The molecule has 100 valence electrons. The van der Waals surface area contributed by atoms with E-state index >= 15 is 0 Å². The molecule has 2 aliphatic rings. The normalized spacial score (nSPS) is 15.8. The van der Waals surface area contributed by atoms with Gasteiger partial charge in [-0.2, -0.15) is 0 Å². The molecule has 20 heavy (non-hydrogen) atoms. The number of aliphatic imine (C=N–C) groups is 1. The van der Waals surface area contributed by atoms with E-state index in [1.54, 1.807) is 6.07 Å². The zero-order chi connectivity index (χ0) is 13.5. The lowest BCUT2D eigenvalue weighted by atomic mass is 9.93. The minimum Gasteiger partial charge on any atom is -0.454 e. The van der Waals surface area contributed by atoms with Gasteiger partial charge < -0.3 is 9.47 Å². The molecule has 0 bridgehead atoms. The summed E-state index contributed by atoms with van der Waals surface area (Å²) in [6, 6.07) is 10.5. The van der Waals surface area contributed by atoms with Crippen LogP contribution in [0.4, 0.5) is 4.39 Å². The Bertz CT molecular complexity index is 724. The molecular weight excluding hydrogens is 257 g/mol. The van der Waals surface area contributed by atoms with E-state index < -0.39 is 0 Å². The first-order valence-corrected chi connectivity index (χ1v) is 6.54. The van der Waals surface area contributed by atoms with E-state index in [4.69, 9.17) is 9.47 Å². The van der Waals surface area contributed by atoms with E-state index in [2.05, 4.69) is 4.99 Å². The summed E-state index contributed by atoms with van der Waals surface area (Å²) in [7, 11) is 0. The first-order valence-electron chi connectivity index (χ1n) is 6.54. The number of hydrogen-bond donors (Lipinski definition) is 0. The number of rotatable bonds is 1. The van der Waals surface area contributed by atoms with Crippen LogP contribution < -0.4 is 9.47 Å². The van der Waals surface area contributed by atoms with Crippen molar-refractivity contribution in [2.24, 2.45) is 4.99 Å². The molecule has 2 aromatic rings. The van der Waals surface area contributed by atoms with Crippen LogP contribution in [0.2, 0.25) is 0 Å². The van der Waals surface area contributed by atoms with Gasteiger partial charge in [0, 0.05) is 17.7 Å².